The van der Waals surface area contributed by atoms with Crippen molar-refractivity contribution in [3.63, 3.8) is 0 Å². The van der Waals surface area contributed by atoms with Crippen molar-refractivity contribution in [2.45, 2.75) is 0 Å². The van der Waals surface area contributed by atoms with E-state index in [2.05, 4.69) is 10.5 Å². The molecular formula is C15H10N2O2. The van der Waals surface area contributed by atoms with Gasteiger partial charge in [-0.25, -0.2) is 0 Å². The summed E-state index contributed by atoms with van der Waals surface area (Å²) in [6.45, 7) is 0. The summed E-state index contributed by atoms with van der Waals surface area (Å²) in [7, 11) is 0. The highest BCUT2D eigenvalue weighted by Crippen LogP contribution is 2.46. The maximum atomic E-state index is 5.90. The van der Waals surface area contributed by atoms with Crippen LogP contribution in [-0.2, 0) is 0 Å². The van der Waals surface area contributed by atoms with Crippen LogP contribution in [0.3, 0.4) is 0 Å². The lowest BCUT2D eigenvalue weighted by molar-refractivity contribution is 0.420. The highest BCUT2D eigenvalue weighted by Gasteiger charge is 2.19. The number of nitrogens with one attached hydrogen (secondary N) is 1. The number of fused-ring (bicyclic) bond motifs is 2. The maximum Gasteiger partial charge on any atom is 0.151 e. The predicted molar refractivity (Wildman–Crippen MR) is 71.7 cm³/mol. The Morgan fingerprint density at radius 2 is 1.84 bits per heavy atom. The number of para-hydroxylation sites is 3. The van der Waals surface area contributed by atoms with Crippen LogP contribution in [0, 0.1) is 0 Å². The zero-order valence-electron chi connectivity index (χ0n) is 9.96. The van der Waals surface area contributed by atoms with Crippen molar-refractivity contribution in [1.82, 2.24) is 5.16 Å². The van der Waals surface area contributed by atoms with E-state index in [0.29, 0.717) is 0 Å². The number of nitrogens with zero attached hydrogens (tertiary/aromatic N) is 1. The molecule has 0 atom stereocenters. The van der Waals surface area contributed by atoms with Gasteiger partial charge in [-0.15, -0.1) is 0 Å². The number of anilines is 2. The molecule has 19 heavy (non-hydrogen) atoms. The summed E-state index contributed by atoms with van der Waals surface area (Å²) < 4.78 is 10.8. The SMILES string of the molecule is c1ccc2c(c1)Nc1c(cccc1-c1cnoc1)O2. The normalized spacial score (nSPS) is 12.0. The molecule has 0 saturated heterocycles. The van der Waals surface area contributed by atoms with Gasteiger partial charge in [-0.2, -0.15) is 0 Å². The largest absolute Gasteiger partial charge is 0.453 e. The summed E-state index contributed by atoms with van der Waals surface area (Å²) >= 11 is 0. The third-order valence-electron chi connectivity index (χ3n) is 3.14. The number of rotatable bonds is 1. The summed E-state index contributed by atoms with van der Waals surface area (Å²) in [6.07, 6.45) is 3.32. The summed E-state index contributed by atoms with van der Waals surface area (Å²) in [5, 5.41) is 7.15. The van der Waals surface area contributed by atoms with E-state index in [4.69, 9.17) is 9.26 Å². The Morgan fingerprint density at radius 3 is 2.74 bits per heavy atom. The molecule has 4 rings (SSSR count). The lowest BCUT2D eigenvalue weighted by atomic mass is 10.1. The fourth-order valence-electron chi connectivity index (χ4n) is 2.24. The molecule has 3 aromatic rings. The Balaban J connectivity index is 1.88. The second-order valence-electron chi connectivity index (χ2n) is 4.32. The lowest BCUT2D eigenvalue weighted by Gasteiger charge is -2.23. The molecule has 1 aliphatic heterocycles. The Labute approximate surface area is 109 Å². The molecular weight excluding hydrogens is 240 g/mol. The van der Waals surface area contributed by atoms with Crippen LogP contribution in [-0.4, -0.2) is 5.16 Å². The molecule has 1 aromatic heterocycles. The minimum absolute atomic E-state index is 0.803. The van der Waals surface area contributed by atoms with Gasteiger partial charge in [0.2, 0.25) is 0 Å². The van der Waals surface area contributed by atoms with Crippen molar-refractivity contribution in [2.75, 3.05) is 5.32 Å². The zero-order chi connectivity index (χ0) is 12.7. The molecule has 0 fully saturated rings. The van der Waals surface area contributed by atoms with Crippen LogP contribution < -0.4 is 10.1 Å². The fourth-order valence-corrected chi connectivity index (χ4v) is 2.24. The van der Waals surface area contributed by atoms with Crippen LogP contribution in [0.25, 0.3) is 11.1 Å². The summed E-state index contributed by atoms with van der Waals surface area (Å²) in [5.41, 5.74) is 3.82. The Hall–Kier alpha value is -2.75. The molecule has 2 aromatic carbocycles. The van der Waals surface area contributed by atoms with Gasteiger partial charge in [0.25, 0.3) is 0 Å². The van der Waals surface area contributed by atoms with Crippen molar-refractivity contribution in [1.29, 1.82) is 0 Å². The summed E-state index contributed by atoms with van der Waals surface area (Å²) in [5.74, 6) is 1.63. The second-order valence-corrected chi connectivity index (χ2v) is 4.32. The van der Waals surface area contributed by atoms with E-state index in [1.54, 1.807) is 12.5 Å². The molecule has 0 saturated carbocycles. The van der Waals surface area contributed by atoms with Gasteiger partial charge in [-0.3, -0.25) is 0 Å². The Morgan fingerprint density at radius 1 is 0.947 bits per heavy atom. The highest BCUT2D eigenvalue weighted by atomic mass is 16.5. The molecule has 92 valence electrons. The molecule has 4 nitrogen and oxygen atoms in total. The molecule has 0 bridgehead atoms. The average Bonchev–Trinajstić information content (AvgIpc) is 2.98. The third-order valence-corrected chi connectivity index (χ3v) is 3.14. The number of benzene rings is 2. The maximum absolute atomic E-state index is 5.90. The van der Waals surface area contributed by atoms with Crippen LogP contribution in [0.4, 0.5) is 11.4 Å². The standard InChI is InChI=1S/C15H10N2O2/c1-2-6-13-12(5-1)17-15-11(10-8-16-18-9-10)4-3-7-14(15)19-13/h1-9,17H. The minimum Gasteiger partial charge on any atom is -0.453 e. The minimum atomic E-state index is 0.803. The topological polar surface area (TPSA) is 47.3 Å². The highest BCUT2D eigenvalue weighted by molar-refractivity contribution is 5.88. The molecule has 1 aliphatic rings. The van der Waals surface area contributed by atoms with Crippen LogP contribution in [0.2, 0.25) is 0 Å². The number of hydrogen-bond donors (Lipinski definition) is 1. The van der Waals surface area contributed by atoms with Gasteiger partial charge in [0, 0.05) is 11.1 Å². The first-order valence-corrected chi connectivity index (χ1v) is 5.98. The summed E-state index contributed by atoms with van der Waals surface area (Å²) in [4.78, 5) is 0. The molecule has 4 heteroatoms. The van der Waals surface area contributed by atoms with Crippen LogP contribution in [0.1, 0.15) is 0 Å². The molecule has 0 amide bonds. The first-order valence-electron chi connectivity index (χ1n) is 5.98. The average molecular weight is 250 g/mol. The first kappa shape index (κ1) is 10.2. The molecule has 1 N–H and O–H groups in total. The number of ether oxygens (including phenoxy) is 1. The second kappa shape index (κ2) is 3.88. The van der Waals surface area contributed by atoms with Crippen molar-refractivity contribution >= 4 is 11.4 Å². The first-order chi connectivity index (χ1) is 9.42. The predicted octanol–water partition coefficient (Wildman–Crippen LogP) is 4.19. The monoisotopic (exact) mass is 250 g/mol. The quantitative estimate of drug-likeness (QED) is 0.550. The third kappa shape index (κ3) is 1.57. The molecule has 0 radical (unpaired) electrons. The molecule has 0 spiro atoms. The zero-order valence-corrected chi connectivity index (χ0v) is 9.96. The Kier molecular flexibility index (Phi) is 2.08. The number of aromatic nitrogens is 1. The van der Waals surface area contributed by atoms with E-state index in [1.807, 2.05) is 42.5 Å². The van der Waals surface area contributed by atoms with E-state index in [-0.39, 0.29) is 0 Å². The molecule has 2 heterocycles. The van der Waals surface area contributed by atoms with Crippen LogP contribution in [0.15, 0.2) is 59.4 Å². The van der Waals surface area contributed by atoms with Gasteiger partial charge in [0.05, 0.1) is 17.6 Å². The summed E-state index contributed by atoms with van der Waals surface area (Å²) in [6, 6.07) is 13.8. The smallest absolute Gasteiger partial charge is 0.151 e. The van der Waals surface area contributed by atoms with Gasteiger partial charge < -0.3 is 14.6 Å². The van der Waals surface area contributed by atoms with Crippen molar-refractivity contribution < 1.29 is 9.26 Å². The van der Waals surface area contributed by atoms with E-state index >= 15 is 0 Å². The van der Waals surface area contributed by atoms with Gasteiger partial charge in [-0.1, -0.05) is 29.4 Å². The van der Waals surface area contributed by atoms with Crippen molar-refractivity contribution in [2.24, 2.45) is 0 Å². The molecule has 0 unspecified atom stereocenters. The van der Waals surface area contributed by atoms with Gasteiger partial charge in [0.1, 0.15) is 6.26 Å². The molecule has 0 aliphatic carbocycles. The van der Waals surface area contributed by atoms with Crippen LogP contribution in [0.5, 0.6) is 11.5 Å². The van der Waals surface area contributed by atoms with E-state index < -0.39 is 0 Å². The van der Waals surface area contributed by atoms with E-state index in [9.17, 15) is 0 Å². The van der Waals surface area contributed by atoms with Crippen molar-refractivity contribution in [3.05, 3.63) is 54.9 Å². The van der Waals surface area contributed by atoms with E-state index in [0.717, 1.165) is 34.0 Å². The van der Waals surface area contributed by atoms with E-state index in [1.165, 1.54) is 0 Å². The van der Waals surface area contributed by atoms with Crippen molar-refractivity contribution in [3.8, 4) is 22.6 Å². The lowest BCUT2D eigenvalue weighted by Crippen LogP contribution is -2.03. The van der Waals surface area contributed by atoms with Gasteiger partial charge in [0.15, 0.2) is 11.5 Å². The number of hydrogen-bond acceptors (Lipinski definition) is 4. The van der Waals surface area contributed by atoms with Crippen LogP contribution >= 0.6 is 0 Å². The van der Waals surface area contributed by atoms with Gasteiger partial charge >= 0.3 is 0 Å². The fraction of sp³-hybridized carbons (Fsp3) is 0. The van der Waals surface area contributed by atoms with Gasteiger partial charge in [-0.05, 0) is 18.2 Å². The Bertz CT molecular complexity index is 736.